The lowest BCUT2D eigenvalue weighted by Crippen LogP contribution is -2.49. The first-order chi connectivity index (χ1) is 16.0. The molecule has 0 spiro atoms. The summed E-state index contributed by atoms with van der Waals surface area (Å²) in [5.74, 6) is -0.589. The Bertz CT molecular complexity index is 1100. The molecule has 33 heavy (non-hydrogen) atoms. The van der Waals surface area contributed by atoms with Crippen molar-refractivity contribution in [3.63, 3.8) is 0 Å². The fraction of sp³-hybridized carbons (Fsp3) is 0.125. The van der Waals surface area contributed by atoms with Crippen LogP contribution >= 0.6 is 0 Å². The van der Waals surface area contributed by atoms with Gasteiger partial charge < -0.3 is 21.5 Å². The van der Waals surface area contributed by atoms with Crippen LogP contribution in [0.25, 0.3) is 0 Å². The first-order valence-electron chi connectivity index (χ1n) is 10.1. The summed E-state index contributed by atoms with van der Waals surface area (Å²) in [6.45, 7) is 0. The third kappa shape index (κ3) is 6.81. The number of hydroxylamine groups is 2. The molecule has 0 saturated carbocycles. The number of nitrogens with two attached hydrogens (primary N) is 2. The summed E-state index contributed by atoms with van der Waals surface area (Å²) in [6, 6.07) is 22.8. The summed E-state index contributed by atoms with van der Waals surface area (Å²) in [5, 5.41) is 3.68. The standard InChI is InChI=1S/C24H25N5O4/c1-32-29(24(31)28-18-11-6-3-7-12-18)21(15-17-9-4-2-5-10-17)22(30)33-20-14-8-13-19(16-20)27-23(25)26/h2-14,16,21H,15H2,1H3,(H,28,31)(H4,25,26,27)/t21-/m0/s1. The van der Waals surface area contributed by atoms with Gasteiger partial charge in [-0.1, -0.05) is 54.6 Å². The van der Waals surface area contributed by atoms with Crippen molar-refractivity contribution < 1.29 is 19.2 Å². The minimum absolute atomic E-state index is 0.122. The molecule has 0 saturated heterocycles. The summed E-state index contributed by atoms with van der Waals surface area (Å²) in [7, 11) is 1.31. The number of esters is 1. The Balaban J connectivity index is 1.85. The quantitative estimate of drug-likeness (QED) is 0.160. The predicted molar refractivity (Wildman–Crippen MR) is 126 cm³/mol. The number of nitrogens with zero attached hydrogens (tertiary/aromatic N) is 2. The molecule has 2 amide bonds. The van der Waals surface area contributed by atoms with Crippen LogP contribution in [0, 0.1) is 0 Å². The lowest BCUT2D eigenvalue weighted by Gasteiger charge is -2.28. The number of rotatable bonds is 8. The van der Waals surface area contributed by atoms with Gasteiger partial charge in [0, 0.05) is 18.2 Å². The number of anilines is 1. The van der Waals surface area contributed by atoms with E-state index in [0.29, 0.717) is 11.4 Å². The van der Waals surface area contributed by atoms with Crippen molar-refractivity contribution in [2.75, 3.05) is 12.4 Å². The van der Waals surface area contributed by atoms with Crippen molar-refractivity contribution in [2.24, 2.45) is 16.5 Å². The van der Waals surface area contributed by atoms with E-state index in [1.165, 1.54) is 13.2 Å². The van der Waals surface area contributed by atoms with Crippen molar-refractivity contribution in [2.45, 2.75) is 12.5 Å². The van der Waals surface area contributed by atoms with Gasteiger partial charge >= 0.3 is 12.0 Å². The molecule has 0 fully saturated rings. The molecule has 3 rings (SSSR count). The van der Waals surface area contributed by atoms with Crippen LogP contribution in [-0.4, -0.2) is 36.2 Å². The average Bonchev–Trinajstić information content (AvgIpc) is 2.80. The number of carbonyl (C=O) groups excluding carboxylic acids is 2. The Morgan fingerprint density at radius 3 is 2.27 bits per heavy atom. The van der Waals surface area contributed by atoms with Crippen molar-refractivity contribution in [1.29, 1.82) is 0 Å². The molecule has 1 atom stereocenters. The zero-order valence-corrected chi connectivity index (χ0v) is 18.0. The van der Waals surface area contributed by atoms with Gasteiger partial charge in [0.15, 0.2) is 12.0 Å². The molecule has 9 nitrogen and oxygen atoms in total. The lowest BCUT2D eigenvalue weighted by molar-refractivity contribution is -0.160. The fourth-order valence-corrected chi connectivity index (χ4v) is 3.10. The third-order valence-corrected chi connectivity index (χ3v) is 4.54. The van der Waals surface area contributed by atoms with Gasteiger partial charge in [0.2, 0.25) is 0 Å². The summed E-state index contributed by atoms with van der Waals surface area (Å²) in [4.78, 5) is 35.4. The van der Waals surface area contributed by atoms with E-state index in [1.807, 2.05) is 36.4 Å². The highest BCUT2D eigenvalue weighted by atomic mass is 16.7. The van der Waals surface area contributed by atoms with Gasteiger partial charge in [-0.3, -0.25) is 4.84 Å². The Morgan fingerprint density at radius 2 is 1.64 bits per heavy atom. The Hall–Kier alpha value is -4.37. The second kappa shape index (κ2) is 11.3. The zero-order valence-electron chi connectivity index (χ0n) is 18.0. The Kier molecular flexibility index (Phi) is 7.98. The first kappa shape index (κ1) is 23.3. The van der Waals surface area contributed by atoms with Crippen LogP contribution in [0.1, 0.15) is 5.56 Å². The number of nitrogens with one attached hydrogen (secondary N) is 1. The molecule has 5 N–H and O–H groups in total. The normalized spacial score (nSPS) is 11.2. The van der Waals surface area contributed by atoms with Crippen LogP contribution in [0.3, 0.4) is 0 Å². The molecule has 170 valence electrons. The molecule has 9 heteroatoms. The molecule has 3 aromatic carbocycles. The maximum Gasteiger partial charge on any atom is 0.346 e. The molecule has 0 aromatic heterocycles. The van der Waals surface area contributed by atoms with Gasteiger partial charge in [-0.2, -0.15) is 5.06 Å². The van der Waals surface area contributed by atoms with E-state index in [0.717, 1.165) is 10.6 Å². The fourth-order valence-electron chi connectivity index (χ4n) is 3.10. The number of ether oxygens (including phenoxy) is 1. The summed E-state index contributed by atoms with van der Waals surface area (Å²) in [6.07, 6.45) is 0.170. The van der Waals surface area contributed by atoms with Crippen molar-refractivity contribution >= 4 is 29.3 Å². The molecule has 0 aliphatic rings. The van der Waals surface area contributed by atoms with E-state index in [-0.39, 0.29) is 18.1 Å². The number of para-hydroxylation sites is 1. The molecule has 0 heterocycles. The van der Waals surface area contributed by atoms with Crippen molar-refractivity contribution in [1.82, 2.24) is 5.06 Å². The lowest BCUT2D eigenvalue weighted by atomic mass is 10.1. The number of aliphatic imine (C=N–C) groups is 1. The molecular weight excluding hydrogens is 422 g/mol. The largest absolute Gasteiger partial charge is 0.425 e. The van der Waals surface area contributed by atoms with Crippen LogP contribution in [0.2, 0.25) is 0 Å². The van der Waals surface area contributed by atoms with Gasteiger partial charge in [0.1, 0.15) is 5.75 Å². The van der Waals surface area contributed by atoms with Gasteiger partial charge in [-0.05, 0) is 29.8 Å². The third-order valence-electron chi connectivity index (χ3n) is 4.54. The van der Waals surface area contributed by atoms with E-state index in [4.69, 9.17) is 21.0 Å². The van der Waals surface area contributed by atoms with E-state index < -0.39 is 18.0 Å². The second-order valence-corrected chi connectivity index (χ2v) is 6.97. The highest BCUT2D eigenvalue weighted by Crippen LogP contribution is 2.22. The second-order valence-electron chi connectivity index (χ2n) is 6.97. The van der Waals surface area contributed by atoms with Gasteiger partial charge in [-0.25, -0.2) is 14.6 Å². The summed E-state index contributed by atoms with van der Waals surface area (Å²) < 4.78 is 5.56. The van der Waals surface area contributed by atoms with Crippen LogP contribution in [0.15, 0.2) is 89.9 Å². The smallest absolute Gasteiger partial charge is 0.346 e. The summed E-state index contributed by atoms with van der Waals surface area (Å²) in [5.41, 5.74) is 12.6. The number of amides is 2. The minimum Gasteiger partial charge on any atom is -0.425 e. The highest BCUT2D eigenvalue weighted by Gasteiger charge is 2.33. The molecular formula is C24H25N5O4. The average molecular weight is 447 g/mol. The number of carbonyl (C=O) groups is 2. The van der Waals surface area contributed by atoms with Crippen molar-refractivity contribution in [3.8, 4) is 5.75 Å². The Labute approximate surface area is 191 Å². The SMILES string of the molecule is CON(C(=O)Nc1ccccc1)[C@@H](Cc1ccccc1)C(=O)Oc1cccc(N=C(N)N)c1. The topological polar surface area (TPSA) is 132 Å². The van der Waals surface area contributed by atoms with Crippen LogP contribution in [-0.2, 0) is 16.1 Å². The van der Waals surface area contributed by atoms with E-state index in [9.17, 15) is 9.59 Å². The predicted octanol–water partition coefficient (Wildman–Crippen LogP) is 3.20. The Morgan fingerprint density at radius 1 is 0.970 bits per heavy atom. The zero-order chi connectivity index (χ0) is 23.6. The number of benzene rings is 3. The van der Waals surface area contributed by atoms with Gasteiger partial charge in [0.25, 0.3) is 0 Å². The molecule has 0 aliphatic carbocycles. The highest BCUT2D eigenvalue weighted by molar-refractivity contribution is 5.92. The van der Waals surface area contributed by atoms with Gasteiger partial charge in [0.05, 0.1) is 12.8 Å². The van der Waals surface area contributed by atoms with Crippen LogP contribution in [0.5, 0.6) is 5.75 Å². The van der Waals surface area contributed by atoms with E-state index in [2.05, 4.69) is 10.3 Å². The number of urea groups is 1. The maximum atomic E-state index is 13.2. The number of hydrogen-bond acceptors (Lipinski definition) is 5. The van der Waals surface area contributed by atoms with E-state index in [1.54, 1.807) is 42.5 Å². The van der Waals surface area contributed by atoms with Gasteiger partial charge in [-0.15, -0.1) is 0 Å². The van der Waals surface area contributed by atoms with Crippen LogP contribution < -0.4 is 21.5 Å². The van der Waals surface area contributed by atoms with Crippen molar-refractivity contribution in [3.05, 3.63) is 90.5 Å². The molecule has 0 aliphatic heterocycles. The molecule has 3 aromatic rings. The number of guanidine groups is 1. The first-order valence-corrected chi connectivity index (χ1v) is 10.1. The van der Waals surface area contributed by atoms with E-state index >= 15 is 0 Å². The monoisotopic (exact) mass is 447 g/mol. The molecule has 0 unspecified atom stereocenters. The minimum atomic E-state index is -1.08. The summed E-state index contributed by atoms with van der Waals surface area (Å²) >= 11 is 0. The van der Waals surface area contributed by atoms with Crippen LogP contribution in [0.4, 0.5) is 16.2 Å². The molecule has 0 radical (unpaired) electrons. The maximum absolute atomic E-state index is 13.2. The number of hydrogen-bond donors (Lipinski definition) is 3. The molecule has 0 bridgehead atoms.